The van der Waals surface area contributed by atoms with Gasteiger partial charge in [-0.15, -0.1) is 42.0 Å². The first-order valence-electron chi connectivity index (χ1n) is 17.3. The van der Waals surface area contributed by atoms with Crippen molar-refractivity contribution in [3.8, 4) is 22.5 Å². The van der Waals surface area contributed by atoms with Gasteiger partial charge >= 0.3 is 0 Å². The molecule has 49 heavy (non-hydrogen) atoms. The van der Waals surface area contributed by atoms with Crippen LogP contribution in [0, 0.1) is 19.0 Å². The molecule has 0 saturated carbocycles. The number of rotatable bonds is 4. The van der Waals surface area contributed by atoms with E-state index in [9.17, 15) is 0 Å². The molecule has 5 heteroatoms. The maximum atomic E-state index is 7.42. The molecule has 4 heterocycles. The SMILES string of the molecule is CC(C)(c1ccccc1)c1ccnc(-c2[c-]cc3oc4ccccc4c3c2)c1.[2H]C([2H])([2H])c1ccc(-c2[c-]ccc3c2oc2ccccc23)nc1.[Ir]. The molecule has 0 unspecified atom stereocenters. The third-order valence-corrected chi connectivity index (χ3v) is 8.92. The van der Waals surface area contributed by atoms with Gasteiger partial charge in [-0.2, -0.15) is 0 Å². The van der Waals surface area contributed by atoms with E-state index >= 15 is 0 Å². The van der Waals surface area contributed by atoms with E-state index in [4.69, 9.17) is 12.9 Å². The molecular weight excluding hydrogens is 781 g/mol. The molecule has 9 rings (SSSR count). The summed E-state index contributed by atoms with van der Waals surface area (Å²) in [5.41, 5.74) is 9.17. The molecule has 4 nitrogen and oxygen atoms in total. The van der Waals surface area contributed by atoms with Gasteiger partial charge in [-0.3, -0.25) is 0 Å². The van der Waals surface area contributed by atoms with Crippen molar-refractivity contribution in [2.24, 2.45) is 0 Å². The van der Waals surface area contributed by atoms with Crippen molar-refractivity contribution in [1.29, 1.82) is 0 Å². The van der Waals surface area contributed by atoms with Crippen LogP contribution >= 0.6 is 0 Å². The van der Waals surface area contributed by atoms with Crippen LogP contribution in [-0.2, 0) is 25.5 Å². The topological polar surface area (TPSA) is 52.1 Å². The van der Waals surface area contributed by atoms with Gasteiger partial charge in [0.15, 0.2) is 0 Å². The van der Waals surface area contributed by atoms with E-state index in [1.54, 1.807) is 12.1 Å². The van der Waals surface area contributed by atoms with Crippen LogP contribution in [0.2, 0.25) is 0 Å². The molecule has 0 aliphatic heterocycles. The number of aromatic nitrogens is 2. The molecule has 9 aromatic rings. The molecule has 0 aliphatic carbocycles. The van der Waals surface area contributed by atoms with Crippen LogP contribution in [0.4, 0.5) is 0 Å². The molecule has 0 fully saturated rings. The van der Waals surface area contributed by atoms with Crippen molar-refractivity contribution in [3.05, 3.63) is 169 Å². The summed E-state index contributed by atoms with van der Waals surface area (Å²) in [6, 6.07) is 48.4. The summed E-state index contributed by atoms with van der Waals surface area (Å²) in [5, 5.41) is 4.25. The van der Waals surface area contributed by atoms with Gasteiger partial charge in [-0.25, -0.2) is 0 Å². The van der Waals surface area contributed by atoms with Crippen molar-refractivity contribution in [2.45, 2.75) is 26.1 Å². The first-order valence-corrected chi connectivity index (χ1v) is 15.8. The quantitative estimate of drug-likeness (QED) is 0.166. The van der Waals surface area contributed by atoms with Crippen LogP contribution in [-0.4, -0.2) is 9.97 Å². The second kappa shape index (κ2) is 13.3. The average Bonchev–Trinajstić information content (AvgIpc) is 3.73. The zero-order chi connectivity index (χ0) is 35.2. The Morgan fingerprint density at radius 2 is 1.37 bits per heavy atom. The summed E-state index contributed by atoms with van der Waals surface area (Å²) >= 11 is 0. The summed E-state index contributed by atoms with van der Waals surface area (Å²) in [7, 11) is 0. The Hall–Kier alpha value is -5.35. The number of fused-ring (bicyclic) bond motifs is 6. The van der Waals surface area contributed by atoms with E-state index in [0.717, 1.165) is 55.1 Å². The first kappa shape index (κ1) is 28.6. The van der Waals surface area contributed by atoms with Gasteiger partial charge in [0.2, 0.25) is 0 Å². The summed E-state index contributed by atoms with van der Waals surface area (Å²) in [6.07, 6.45) is 3.28. The predicted molar refractivity (Wildman–Crippen MR) is 195 cm³/mol. The average molecular weight is 816 g/mol. The molecule has 0 aliphatic rings. The largest absolute Gasteiger partial charge is 0.501 e. The molecule has 4 aromatic heterocycles. The fourth-order valence-electron chi connectivity index (χ4n) is 6.23. The maximum Gasteiger partial charge on any atom is 0.120 e. The van der Waals surface area contributed by atoms with Crippen LogP contribution in [0.15, 0.2) is 149 Å². The monoisotopic (exact) mass is 816 g/mol. The van der Waals surface area contributed by atoms with Crippen LogP contribution in [0.3, 0.4) is 0 Å². The Labute approximate surface area is 303 Å². The third kappa shape index (κ3) is 6.08. The van der Waals surface area contributed by atoms with E-state index in [1.165, 1.54) is 17.3 Å². The summed E-state index contributed by atoms with van der Waals surface area (Å²) in [5.74, 6) is 0. The minimum atomic E-state index is -2.15. The van der Waals surface area contributed by atoms with Gasteiger partial charge in [-0.1, -0.05) is 115 Å². The Bertz CT molecular complexity index is 2660. The Morgan fingerprint density at radius 3 is 2.12 bits per heavy atom. The number of furan rings is 2. The maximum absolute atomic E-state index is 7.42. The predicted octanol–water partition coefficient (Wildman–Crippen LogP) is 11.5. The van der Waals surface area contributed by atoms with Gasteiger partial charge in [0, 0.05) is 52.8 Å². The summed E-state index contributed by atoms with van der Waals surface area (Å²) in [6.45, 7) is 2.34. The third-order valence-electron chi connectivity index (χ3n) is 8.92. The molecule has 5 aromatic carbocycles. The molecule has 0 atom stereocenters. The van der Waals surface area contributed by atoms with E-state index in [2.05, 4.69) is 90.5 Å². The van der Waals surface area contributed by atoms with Crippen molar-refractivity contribution < 1.29 is 33.1 Å². The summed E-state index contributed by atoms with van der Waals surface area (Å²) in [4.78, 5) is 8.91. The van der Waals surface area contributed by atoms with Gasteiger partial charge in [-0.05, 0) is 53.1 Å². The number of hydrogen-bond acceptors (Lipinski definition) is 4. The number of nitrogens with zero attached hydrogens (tertiary/aromatic N) is 2. The first-order chi connectivity index (χ1) is 24.7. The minimum absolute atomic E-state index is 0. The van der Waals surface area contributed by atoms with E-state index in [0.29, 0.717) is 11.3 Å². The molecule has 0 saturated heterocycles. The Morgan fingerprint density at radius 1 is 0.633 bits per heavy atom. The molecule has 0 spiro atoms. The van der Waals surface area contributed by atoms with E-state index < -0.39 is 6.85 Å². The molecule has 241 valence electrons. The number of aryl methyl sites for hydroxylation is 1. The zero-order valence-electron chi connectivity index (χ0n) is 29.8. The van der Waals surface area contributed by atoms with Gasteiger partial charge in [0.1, 0.15) is 11.2 Å². The summed E-state index contributed by atoms with van der Waals surface area (Å²) < 4.78 is 34.1. The second-order valence-corrected chi connectivity index (χ2v) is 12.3. The zero-order valence-corrected chi connectivity index (χ0v) is 29.2. The van der Waals surface area contributed by atoms with Crippen LogP contribution in [0.1, 0.15) is 34.7 Å². The number of para-hydroxylation sites is 2. The standard InChI is InChI=1S/C26H20NO.C18H12NO.Ir/c1-26(2,19-8-4-3-5-9-19)20-14-15-27-23(17-20)18-12-13-25-22(16-18)21-10-6-7-11-24(21)28-25;1-12-9-10-16(19-11-12)15-7-4-6-14-13-5-2-3-8-17(13)20-18(14)15;/h3-11,13-17H,1-2H3;2-6,8-11H,1H3;/q2*-1;/i;1D3;. The molecule has 1 radical (unpaired) electrons. The smallest absolute Gasteiger partial charge is 0.120 e. The van der Waals surface area contributed by atoms with Crippen molar-refractivity contribution in [2.75, 3.05) is 0 Å². The van der Waals surface area contributed by atoms with Gasteiger partial charge in [0.05, 0.1) is 11.2 Å². The second-order valence-electron chi connectivity index (χ2n) is 12.3. The molecule has 0 N–H and O–H groups in total. The molecular formula is C44H32IrN2O2-2. The number of hydrogen-bond donors (Lipinski definition) is 0. The van der Waals surface area contributed by atoms with Crippen molar-refractivity contribution >= 4 is 43.9 Å². The fraction of sp³-hybridized carbons (Fsp3) is 0.0909. The molecule has 0 bridgehead atoms. The minimum Gasteiger partial charge on any atom is -0.501 e. The number of pyridine rings is 2. The molecule has 0 amide bonds. The van der Waals surface area contributed by atoms with E-state index in [-0.39, 0.29) is 31.1 Å². The van der Waals surface area contributed by atoms with Crippen molar-refractivity contribution in [3.63, 3.8) is 0 Å². The Balaban J connectivity index is 0.000000162. The normalized spacial score (nSPS) is 12.6. The van der Waals surface area contributed by atoms with Gasteiger partial charge in [0.25, 0.3) is 0 Å². The fourth-order valence-corrected chi connectivity index (χ4v) is 6.23. The number of benzene rings is 5. The van der Waals surface area contributed by atoms with Crippen molar-refractivity contribution in [1.82, 2.24) is 9.97 Å². The van der Waals surface area contributed by atoms with Crippen LogP contribution in [0.25, 0.3) is 66.4 Å². The Kier molecular flexibility index (Phi) is 7.76. The van der Waals surface area contributed by atoms with Crippen LogP contribution < -0.4 is 0 Å². The van der Waals surface area contributed by atoms with E-state index in [1.807, 2.05) is 66.9 Å². The van der Waals surface area contributed by atoms with Crippen LogP contribution in [0.5, 0.6) is 0 Å². The van der Waals surface area contributed by atoms with Gasteiger partial charge < -0.3 is 18.8 Å².